The molecule has 0 spiro atoms. The van der Waals surface area contributed by atoms with E-state index < -0.39 is 9.84 Å². The smallest absolute Gasteiger partial charge is 0.181 e. The molecule has 0 heterocycles. The van der Waals surface area contributed by atoms with E-state index in [1.54, 1.807) is 24.3 Å². The molecule has 2 N–H and O–H groups in total. The van der Waals surface area contributed by atoms with E-state index in [2.05, 4.69) is 0 Å². The Labute approximate surface area is 96.6 Å². The van der Waals surface area contributed by atoms with Gasteiger partial charge in [0.05, 0.1) is 10.1 Å². The fourth-order valence-corrected chi connectivity index (χ4v) is 4.02. The molecule has 1 aliphatic rings. The molecule has 0 saturated heterocycles. The summed E-state index contributed by atoms with van der Waals surface area (Å²) in [5.41, 5.74) is 5.78. The molecule has 1 saturated carbocycles. The van der Waals surface area contributed by atoms with E-state index in [1.165, 1.54) is 0 Å². The van der Waals surface area contributed by atoms with Crippen LogP contribution in [-0.2, 0) is 9.84 Å². The van der Waals surface area contributed by atoms with E-state index in [9.17, 15) is 8.42 Å². The van der Waals surface area contributed by atoms with Crippen molar-refractivity contribution in [3.05, 3.63) is 30.3 Å². The molecule has 1 aromatic rings. The van der Waals surface area contributed by atoms with Gasteiger partial charge in [-0.1, -0.05) is 18.2 Å². The Hall–Kier alpha value is -0.870. The molecule has 2 rings (SSSR count). The minimum atomic E-state index is -3.14. The van der Waals surface area contributed by atoms with Crippen molar-refractivity contribution in [1.82, 2.24) is 0 Å². The molecule has 16 heavy (non-hydrogen) atoms. The zero-order valence-corrected chi connectivity index (χ0v) is 9.99. The van der Waals surface area contributed by atoms with Crippen LogP contribution in [0.4, 0.5) is 0 Å². The topological polar surface area (TPSA) is 60.2 Å². The van der Waals surface area contributed by atoms with Gasteiger partial charge in [-0.3, -0.25) is 0 Å². The van der Waals surface area contributed by atoms with Gasteiger partial charge in [-0.15, -0.1) is 0 Å². The maximum atomic E-state index is 12.3. The number of hydrogen-bond donors (Lipinski definition) is 1. The predicted molar refractivity (Wildman–Crippen MR) is 63.9 cm³/mol. The molecule has 0 radical (unpaired) electrons. The number of hydrogen-bond acceptors (Lipinski definition) is 3. The number of rotatable bonds is 2. The quantitative estimate of drug-likeness (QED) is 0.855. The summed E-state index contributed by atoms with van der Waals surface area (Å²) >= 11 is 0. The van der Waals surface area contributed by atoms with Gasteiger partial charge in [-0.2, -0.15) is 0 Å². The lowest BCUT2D eigenvalue weighted by atomic mass is 9.96. The number of benzene rings is 1. The lowest BCUT2D eigenvalue weighted by Gasteiger charge is -2.25. The average Bonchev–Trinajstić information content (AvgIpc) is 2.31. The minimum Gasteiger partial charge on any atom is -0.328 e. The van der Waals surface area contributed by atoms with Crippen LogP contribution < -0.4 is 5.73 Å². The van der Waals surface area contributed by atoms with Gasteiger partial charge in [-0.25, -0.2) is 8.42 Å². The van der Waals surface area contributed by atoms with Crippen molar-refractivity contribution in [2.75, 3.05) is 0 Å². The highest BCUT2D eigenvalue weighted by Gasteiger charge is 2.30. The van der Waals surface area contributed by atoms with E-state index >= 15 is 0 Å². The van der Waals surface area contributed by atoms with Crippen LogP contribution in [0.15, 0.2) is 35.2 Å². The summed E-state index contributed by atoms with van der Waals surface area (Å²) in [5, 5.41) is -0.241. The zero-order chi connectivity index (χ0) is 11.6. The van der Waals surface area contributed by atoms with E-state index in [0.717, 1.165) is 12.8 Å². The molecule has 1 fully saturated rings. The second-order valence-corrected chi connectivity index (χ2v) is 6.62. The highest BCUT2D eigenvalue weighted by atomic mass is 32.2. The van der Waals surface area contributed by atoms with Crippen LogP contribution in [0.1, 0.15) is 25.7 Å². The monoisotopic (exact) mass is 239 g/mol. The molecule has 3 nitrogen and oxygen atoms in total. The van der Waals surface area contributed by atoms with Gasteiger partial charge in [-0.05, 0) is 37.8 Å². The molecule has 1 aromatic carbocycles. The Kier molecular flexibility index (Phi) is 3.30. The van der Waals surface area contributed by atoms with Crippen molar-refractivity contribution in [3.63, 3.8) is 0 Å². The van der Waals surface area contributed by atoms with Crippen LogP contribution in [0.2, 0.25) is 0 Å². The second-order valence-electron chi connectivity index (χ2n) is 4.39. The summed E-state index contributed by atoms with van der Waals surface area (Å²) in [7, 11) is -3.14. The summed E-state index contributed by atoms with van der Waals surface area (Å²) in [5.74, 6) is 0. The number of nitrogens with two attached hydrogens (primary N) is 1. The first kappa shape index (κ1) is 11.6. The van der Waals surface area contributed by atoms with Crippen LogP contribution in [0.3, 0.4) is 0 Å². The summed E-state index contributed by atoms with van der Waals surface area (Å²) in [6.45, 7) is 0. The molecule has 0 amide bonds. The third-order valence-corrected chi connectivity index (χ3v) is 5.51. The molecule has 0 unspecified atom stereocenters. The first-order chi connectivity index (χ1) is 7.60. The molecular formula is C12H17NO2S. The lowest BCUT2D eigenvalue weighted by Crippen LogP contribution is -2.33. The van der Waals surface area contributed by atoms with Crippen LogP contribution in [0.5, 0.6) is 0 Å². The normalized spacial score (nSPS) is 26.6. The van der Waals surface area contributed by atoms with Crippen LogP contribution in [-0.4, -0.2) is 19.7 Å². The molecule has 4 heteroatoms. The van der Waals surface area contributed by atoms with Gasteiger partial charge in [0.15, 0.2) is 9.84 Å². The highest BCUT2D eigenvalue weighted by Crippen LogP contribution is 2.27. The van der Waals surface area contributed by atoms with Gasteiger partial charge in [0, 0.05) is 6.04 Å². The maximum Gasteiger partial charge on any atom is 0.181 e. The summed E-state index contributed by atoms with van der Waals surface area (Å²) in [6, 6.07) is 8.88. The Morgan fingerprint density at radius 1 is 1.00 bits per heavy atom. The van der Waals surface area contributed by atoms with E-state index in [4.69, 9.17) is 5.73 Å². The molecule has 88 valence electrons. The summed E-state index contributed by atoms with van der Waals surface area (Å²) in [4.78, 5) is 0.440. The van der Waals surface area contributed by atoms with Gasteiger partial charge in [0.2, 0.25) is 0 Å². The first-order valence-electron chi connectivity index (χ1n) is 5.65. The van der Waals surface area contributed by atoms with Crippen LogP contribution in [0, 0.1) is 0 Å². The van der Waals surface area contributed by atoms with E-state index in [0.29, 0.717) is 17.7 Å². The Morgan fingerprint density at radius 3 is 2.12 bits per heavy atom. The molecule has 0 bridgehead atoms. The fourth-order valence-electron chi connectivity index (χ4n) is 2.20. The standard InChI is InChI=1S/C12H17NO2S/c13-10-6-8-12(9-7-10)16(14,15)11-4-2-1-3-5-11/h1-5,10,12H,6-9,13H2. The van der Waals surface area contributed by atoms with Crippen LogP contribution >= 0.6 is 0 Å². The molecule has 0 atom stereocenters. The van der Waals surface area contributed by atoms with E-state index in [1.807, 2.05) is 6.07 Å². The predicted octanol–water partition coefficient (Wildman–Crippen LogP) is 1.73. The highest BCUT2D eigenvalue weighted by molar-refractivity contribution is 7.92. The van der Waals surface area contributed by atoms with Gasteiger partial charge in [0.1, 0.15) is 0 Å². The largest absolute Gasteiger partial charge is 0.328 e. The number of sulfone groups is 1. The van der Waals surface area contributed by atoms with Crippen molar-refractivity contribution in [2.24, 2.45) is 5.73 Å². The SMILES string of the molecule is NC1CCC(S(=O)(=O)c2ccccc2)CC1. The minimum absolute atomic E-state index is 0.183. The first-order valence-corrected chi connectivity index (χ1v) is 7.20. The molecular weight excluding hydrogens is 222 g/mol. The van der Waals surface area contributed by atoms with Crippen molar-refractivity contribution in [2.45, 2.75) is 41.9 Å². The van der Waals surface area contributed by atoms with Crippen molar-refractivity contribution in [1.29, 1.82) is 0 Å². The van der Waals surface area contributed by atoms with E-state index in [-0.39, 0.29) is 11.3 Å². The fraction of sp³-hybridized carbons (Fsp3) is 0.500. The van der Waals surface area contributed by atoms with Gasteiger partial charge >= 0.3 is 0 Å². The van der Waals surface area contributed by atoms with Crippen LogP contribution in [0.25, 0.3) is 0 Å². The molecule has 1 aliphatic carbocycles. The van der Waals surface area contributed by atoms with Crippen molar-refractivity contribution < 1.29 is 8.42 Å². The third-order valence-electron chi connectivity index (χ3n) is 3.23. The van der Waals surface area contributed by atoms with Gasteiger partial charge < -0.3 is 5.73 Å². The van der Waals surface area contributed by atoms with Crippen molar-refractivity contribution >= 4 is 9.84 Å². The Bertz CT molecular complexity index is 433. The molecule has 0 aliphatic heterocycles. The summed E-state index contributed by atoms with van der Waals surface area (Å²) < 4.78 is 24.5. The van der Waals surface area contributed by atoms with Gasteiger partial charge in [0.25, 0.3) is 0 Å². The lowest BCUT2D eigenvalue weighted by molar-refractivity contribution is 0.433. The Morgan fingerprint density at radius 2 is 1.56 bits per heavy atom. The summed E-state index contributed by atoms with van der Waals surface area (Å²) in [6.07, 6.45) is 3.02. The molecule has 0 aromatic heterocycles. The zero-order valence-electron chi connectivity index (χ0n) is 9.17. The Balaban J connectivity index is 2.20. The third kappa shape index (κ3) is 2.28. The maximum absolute atomic E-state index is 12.3. The van der Waals surface area contributed by atoms with Crippen molar-refractivity contribution in [3.8, 4) is 0 Å². The second kappa shape index (κ2) is 4.55. The average molecular weight is 239 g/mol.